The maximum atomic E-state index is 10.6. The lowest BCUT2D eigenvalue weighted by Gasteiger charge is -2.24. The maximum absolute atomic E-state index is 10.6. The number of aliphatic hydroxyl groups excluding tert-OH is 1. The molecule has 0 aliphatic heterocycles. The molecule has 4 N–H and O–H groups in total. The van der Waals surface area contributed by atoms with Gasteiger partial charge in [0.05, 0.1) is 12.1 Å². The zero-order valence-electron chi connectivity index (χ0n) is 7.55. The number of hydrogen-bond acceptors (Lipinski definition) is 4. The van der Waals surface area contributed by atoms with Gasteiger partial charge in [-0.15, -0.1) is 0 Å². The summed E-state index contributed by atoms with van der Waals surface area (Å²) in [6.45, 7) is 0.474. The van der Waals surface area contributed by atoms with Crippen molar-refractivity contribution >= 4 is 6.29 Å². The standard InChI is InChI=1S/C8H18N2O2/c1-10-8(6-11,7-12)4-2-3-5-9/h6,10,12H,2-5,7,9H2,1H3. The summed E-state index contributed by atoms with van der Waals surface area (Å²) in [6, 6.07) is 0. The summed E-state index contributed by atoms with van der Waals surface area (Å²) >= 11 is 0. The van der Waals surface area contributed by atoms with Crippen molar-refractivity contribution in [2.24, 2.45) is 5.73 Å². The Morgan fingerprint density at radius 1 is 1.58 bits per heavy atom. The molecule has 0 aromatic carbocycles. The van der Waals surface area contributed by atoms with E-state index in [1.807, 2.05) is 0 Å². The van der Waals surface area contributed by atoms with E-state index in [-0.39, 0.29) is 6.61 Å². The number of carbonyl (C=O) groups excluding carboxylic acids is 1. The molecule has 1 unspecified atom stereocenters. The van der Waals surface area contributed by atoms with Gasteiger partial charge in [-0.25, -0.2) is 0 Å². The monoisotopic (exact) mass is 174 g/mol. The molecule has 4 nitrogen and oxygen atoms in total. The van der Waals surface area contributed by atoms with E-state index in [9.17, 15) is 4.79 Å². The quantitative estimate of drug-likeness (QED) is 0.351. The molecule has 4 heteroatoms. The fraction of sp³-hybridized carbons (Fsp3) is 0.875. The van der Waals surface area contributed by atoms with Gasteiger partial charge in [0.25, 0.3) is 0 Å². The van der Waals surface area contributed by atoms with Gasteiger partial charge in [-0.05, 0) is 32.9 Å². The molecule has 0 saturated heterocycles. The van der Waals surface area contributed by atoms with Crippen LogP contribution in [0.2, 0.25) is 0 Å². The highest BCUT2D eigenvalue weighted by molar-refractivity contribution is 5.64. The van der Waals surface area contributed by atoms with Gasteiger partial charge in [-0.3, -0.25) is 0 Å². The van der Waals surface area contributed by atoms with Crippen LogP contribution in [-0.2, 0) is 4.79 Å². The number of likely N-dealkylation sites (N-methyl/N-ethyl adjacent to an activating group) is 1. The van der Waals surface area contributed by atoms with Crippen molar-refractivity contribution in [3.63, 3.8) is 0 Å². The number of nitrogens with two attached hydrogens (primary N) is 1. The van der Waals surface area contributed by atoms with E-state index in [2.05, 4.69) is 5.32 Å². The minimum absolute atomic E-state index is 0.155. The second-order valence-electron chi connectivity index (χ2n) is 2.93. The third-order valence-electron chi connectivity index (χ3n) is 2.08. The molecule has 0 aromatic heterocycles. The highest BCUT2D eigenvalue weighted by Crippen LogP contribution is 2.10. The Kier molecular flexibility index (Phi) is 5.88. The van der Waals surface area contributed by atoms with Crippen molar-refractivity contribution in [3.05, 3.63) is 0 Å². The molecule has 0 aromatic rings. The SMILES string of the molecule is CNC(C=O)(CO)CCCCN. The molecule has 0 saturated carbocycles. The Morgan fingerprint density at radius 2 is 2.25 bits per heavy atom. The van der Waals surface area contributed by atoms with E-state index in [1.165, 1.54) is 0 Å². The van der Waals surface area contributed by atoms with Gasteiger partial charge in [0.1, 0.15) is 6.29 Å². The molecule has 1 atom stereocenters. The number of hydrogen-bond donors (Lipinski definition) is 3. The zero-order chi connectivity index (χ0) is 9.45. The average Bonchev–Trinajstić information content (AvgIpc) is 2.14. The molecule has 12 heavy (non-hydrogen) atoms. The summed E-state index contributed by atoms with van der Waals surface area (Å²) in [5, 5.41) is 11.8. The Balaban J connectivity index is 3.84. The van der Waals surface area contributed by atoms with Crippen LogP contribution in [0.5, 0.6) is 0 Å². The van der Waals surface area contributed by atoms with Gasteiger partial charge in [-0.2, -0.15) is 0 Å². The number of carbonyl (C=O) groups is 1. The number of aliphatic hydroxyl groups is 1. The number of rotatable bonds is 7. The predicted molar refractivity (Wildman–Crippen MR) is 47.8 cm³/mol. The first-order valence-corrected chi connectivity index (χ1v) is 4.21. The lowest BCUT2D eigenvalue weighted by Crippen LogP contribution is -2.48. The second-order valence-corrected chi connectivity index (χ2v) is 2.93. The van der Waals surface area contributed by atoms with Crippen LogP contribution in [0.1, 0.15) is 19.3 Å². The van der Waals surface area contributed by atoms with Gasteiger partial charge < -0.3 is 21.0 Å². The molecule has 72 valence electrons. The highest BCUT2D eigenvalue weighted by Gasteiger charge is 2.25. The Hall–Kier alpha value is -0.450. The summed E-state index contributed by atoms with van der Waals surface area (Å²) in [5.74, 6) is 0. The van der Waals surface area contributed by atoms with E-state index < -0.39 is 5.54 Å². The molecule has 0 radical (unpaired) electrons. The topological polar surface area (TPSA) is 75.3 Å². The summed E-state index contributed by atoms with van der Waals surface area (Å²) in [7, 11) is 1.67. The molecular formula is C8H18N2O2. The predicted octanol–water partition coefficient (Wildman–Crippen LogP) is -0.735. The number of aldehydes is 1. The maximum Gasteiger partial charge on any atom is 0.142 e. The summed E-state index contributed by atoms with van der Waals surface area (Å²) in [6.07, 6.45) is 3.15. The third kappa shape index (κ3) is 3.30. The lowest BCUT2D eigenvalue weighted by molar-refractivity contribution is -0.115. The molecular weight excluding hydrogens is 156 g/mol. The molecule has 0 aliphatic rings. The van der Waals surface area contributed by atoms with E-state index >= 15 is 0 Å². The number of nitrogens with one attached hydrogen (secondary N) is 1. The molecule has 0 aliphatic carbocycles. The van der Waals surface area contributed by atoms with Crippen LogP contribution in [0.25, 0.3) is 0 Å². The fourth-order valence-electron chi connectivity index (χ4n) is 1.02. The Bertz CT molecular complexity index is 124. The molecule has 0 rings (SSSR count). The smallest absolute Gasteiger partial charge is 0.142 e. The average molecular weight is 174 g/mol. The summed E-state index contributed by atoms with van der Waals surface area (Å²) in [5.41, 5.74) is 4.56. The van der Waals surface area contributed by atoms with Crippen molar-refractivity contribution in [3.8, 4) is 0 Å². The van der Waals surface area contributed by atoms with Crippen molar-refractivity contribution in [1.29, 1.82) is 0 Å². The van der Waals surface area contributed by atoms with E-state index in [4.69, 9.17) is 10.8 Å². The first kappa shape index (κ1) is 11.6. The second kappa shape index (κ2) is 6.11. The third-order valence-corrected chi connectivity index (χ3v) is 2.08. The first-order chi connectivity index (χ1) is 5.74. The summed E-state index contributed by atoms with van der Waals surface area (Å²) in [4.78, 5) is 10.6. The van der Waals surface area contributed by atoms with Crippen LogP contribution < -0.4 is 11.1 Å². The van der Waals surface area contributed by atoms with Crippen LogP contribution in [-0.4, -0.2) is 37.1 Å². The molecule has 0 amide bonds. The van der Waals surface area contributed by atoms with Crippen molar-refractivity contribution in [1.82, 2.24) is 5.32 Å². The molecule has 0 spiro atoms. The number of unbranched alkanes of at least 4 members (excludes halogenated alkanes) is 1. The molecule has 0 fully saturated rings. The van der Waals surface area contributed by atoms with E-state index in [0.717, 1.165) is 19.1 Å². The van der Waals surface area contributed by atoms with E-state index in [0.29, 0.717) is 13.0 Å². The Labute approximate surface area is 73.1 Å². The van der Waals surface area contributed by atoms with Crippen molar-refractivity contribution in [2.75, 3.05) is 20.2 Å². The first-order valence-electron chi connectivity index (χ1n) is 4.21. The van der Waals surface area contributed by atoms with Crippen LogP contribution in [0.3, 0.4) is 0 Å². The van der Waals surface area contributed by atoms with Crippen LogP contribution in [0.4, 0.5) is 0 Å². The summed E-state index contributed by atoms with van der Waals surface area (Å²) < 4.78 is 0. The van der Waals surface area contributed by atoms with Gasteiger partial charge in [0.15, 0.2) is 0 Å². The largest absolute Gasteiger partial charge is 0.394 e. The minimum atomic E-state index is -0.755. The minimum Gasteiger partial charge on any atom is -0.394 e. The van der Waals surface area contributed by atoms with Crippen LogP contribution in [0, 0.1) is 0 Å². The van der Waals surface area contributed by atoms with Crippen LogP contribution in [0.15, 0.2) is 0 Å². The van der Waals surface area contributed by atoms with Gasteiger partial charge in [0, 0.05) is 0 Å². The van der Waals surface area contributed by atoms with E-state index in [1.54, 1.807) is 7.05 Å². The normalized spacial score (nSPS) is 15.6. The highest BCUT2D eigenvalue weighted by atomic mass is 16.3. The van der Waals surface area contributed by atoms with Gasteiger partial charge in [-0.1, -0.05) is 0 Å². The van der Waals surface area contributed by atoms with Crippen molar-refractivity contribution in [2.45, 2.75) is 24.8 Å². The molecule has 0 heterocycles. The van der Waals surface area contributed by atoms with Crippen molar-refractivity contribution < 1.29 is 9.90 Å². The van der Waals surface area contributed by atoms with Gasteiger partial charge >= 0.3 is 0 Å². The van der Waals surface area contributed by atoms with Gasteiger partial charge in [0.2, 0.25) is 0 Å². The lowest BCUT2D eigenvalue weighted by atomic mass is 9.95. The Morgan fingerprint density at radius 3 is 2.58 bits per heavy atom. The van der Waals surface area contributed by atoms with Crippen LogP contribution >= 0.6 is 0 Å². The zero-order valence-corrected chi connectivity index (χ0v) is 7.55. The molecule has 0 bridgehead atoms. The fourth-order valence-corrected chi connectivity index (χ4v) is 1.02.